The topological polar surface area (TPSA) is 163 Å². The number of fused-ring (bicyclic) bond motifs is 1. The maximum atomic E-state index is 11.2. The molecule has 4 unspecified atom stereocenters. The van der Waals surface area contributed by atoms with Crippen molar-refractivity contribution >= 4 is 36.2 Å². The van der Waals surface area contributed by atoms with E-state index in [1.165, 1.54) is 49.4 Å². The fourth-order valence-electron chi connectivity index (χ4n) is 7.73. The molecule has 3 heterocycles. The van der Waals surface area contributed by atoms with Crippen LogP contribution in [0.2, 0.25) is 5.28 Å². The molecule has 36 heavy (non-hydrogen) atoms. The number of halogens is 1. The Morgan fingerprint density at radius 3 is 2.42 bits per heavy atom. The van der Waals surface area contributed by atoms with Crippen LogP contribution in [0.25, 0.3) is 11.2 Å². The maximum absolute atomic E-state index is 11.2. The number of nitrogens with one attached hydrogen (secondary N) is 1. The van der Waals surface area contributed by atoms with E-state index in [2.05, 4.69) is 20.3 Å². The Kier molecular flexibility index (Phi) is 6.35. The van der Waals surface area contributed by atoms with Gasteiger partial charge in [0.05, 0.1) is 18.6 Å². The van der Waals surface area contributed by atoms with Gasteiger partial charge < -0.3 is 30.1 Å². The Labute approximate surface area is 213 Å². The molecule has 0 spiro atoms. The Bertz CT molecular complexity index is 1150. The lowest BCUT2D eigenvalue weighted by atomic mass is 9.49. The number of ether oxygens (including phenoxy) is 1. The van der Waals surface area contributed by atoms with Gasteiger partial charge in [0.15, 0.2) is 23.2 Å². The number of hydrogen-bond donors (Lipinski definition) is 5. The molecule has 4 atom stereocenters. The summed E-state index contributed by atoms with van der Waals surface area (Å²) >= 11 is 6.25. The van der Waals surface area contributed by atoms with Crippen molar-refractivity contribution in [1.29, 1.82) is 0 Å². The van der Waals surface area contributed by atoms with Gasteiger partial charge in [-0.2, -0.15) is 9.97 Å². The largest absolute Gasteiger partial charge is 0.388 e. The fourth-order valence-corrected chi connectivity index (χ4v) is 8.49. The summed E-state index contributed by atoms with van der Waals surface area (Å²) in [5, 5.41) is 24.5. The van der Waals surface area contributed by atoms with E-state index in [1.54, 1.807) is 0 Å². The smallest absolute Gasteiger partial charge is 0.325 e. The molecule has 13 heteroatoms. The van der Waals surface area contributed by atoms with Gasteiger partial charge in [-0.15, -0.1) is 0 Å². The minimum atomic E-state index is -4.26. The van der Waals surface area contributed by atoms with Crippen molar-refractivity contribution in [3.63, 3.8) is 0 Å². The monoisotopic (exact) mass is 541 g/mol. The summed E-state index contributed by atoms with van der Waals surface area (Å²) in [7, 11) is -4.26. The van der Waals surface area contributed by atoms with Crippen molar-refractivity contribution in [3.05, 3.63) is 11.6 Å². The number of aromatic nitrogens is 4. The molecule has 7 rings (SSSR count). The van der Waals surface area contributed by atoms with Crippen LogP contribution in [0.4, 0.5) is 5.82 Å². The molecular formula is C23H33ClN5O6P. The molecule has 5 fully saturated rings. The molecule has 4 bridgehead atoms. The van der Waals surface area contributed by atoms with Crippen molar-refractivity contribution in [2.24, 2.45) is 23.2 Å². The zero-order chi connectivity index (χ0) is 25.2. The summed E-state index contributed by atoms with van der Waals surface area (Å²) in [5.41, 5.74) is 1.25. The van der Waals surface area contributed by atoms with Crippen LogP contribution < -0.4 is 5.32 Å². The second kappa shape index (κ2) is 9.15. The molecule has 0 radical (unpaired) electrons. The quantitative estimate of drug-likeness (QED) is 0.248. The van der Waals surface area contributed by atoms with Gasteiger partial charge in [0.2, 0.25) is 5.28 Å². The van der Waals surface area contributed by atoms with E-state index in [0.717, 1.165) is 30.7 Å². The van der Waals surface area contributed by atoms with Crippen molar-refractivity contribution in [2.45, 2.75) is 75.9 Å². The second-order valence-electron chi connectivity index (χ2n) is 11.5. The van der Waals surface area contributed by atoms with E-state index in [1.807, 2.05) is 0 Å². The molecule has 5 aliphatic rings. The van der Waals surface area contributed by atoms with Gasteiger partial charge in [0.25, 0.3) is 0 Å². The van der Waals surface area contributed by atoms with Crippen molar-refractivity contribution in [1.82, 2.24) is 19.5 Å². The van der Waals surface area contributed by atoms with Crippen LogP contribution in [-0.2, 0) is 9.30 Å². The highest BCUT2D eigenvalue weighted by Crippen LogP contribution is 2.61. The van der Waals surface area contributed by atoms with Crippen LogP contribution in [0.1, 0.15) is 57.6 Å². The summed E-state index contributed by atoms with van der Waals surface area (Å²) in [4.78, 5) is 31.4. The first-order chi connectivity index (χ1) is 17.1. The standard InChI is InChI=1S/C23H33ClN5O6P/c24-22-27-19(25-3-2-23-8-12-5-13(9-23)7-14(6-12)10-23)16-20(28-22)29(11-26-16)21-18(31)17(30)15(35-21)1-4-36(32,33)34/h11-15,17-18,21,30-31H,1-10H2,(H,25,27,28)(H2,32,33,34). The molecule has 4 aliphatic carbocycles. The van der Waals surface area contributed by atoms with Gasteiger partial charge in [-0.25, -0.2) is 4.98 Å². The number of nitrogens with zero attached hydrogens (tertiary/aromatic N) is 4. The third-order valence-corrected chi connectivity index (χ3v) is 9.83. The normalized spacial score (nSPS) is 37.8. The van der Waals surface area contributed by atoms with E-state index in [-0.39, 0.29) is 11.7 Å². The van der Waals surface area contributed by atoms with E-state index in [4.69, 9.17) is 26.1 Å². The van der Waals surface area contributed by atoms with Gasteiger partial charge in [0.1, 0.15) is 12.2 Å². The number of hydrogen-bond acceptors (Lipinski definition) is 8. The average Bonchev–Trinajstić information content (AvgIpc) is 3.32. The lowest BCUT2D eigenvalue weighted by molar-refractivity contribution is -0.0552. The Morgan fingerprint density at radius 2 is 1.78 bits per heavy atom. The summed E-state index contributed by atoms with van der Waals surface area (Å²) in [6, 6.07) is 0. The summed E-state index contributed by atoms with van der Waals surface area (Å²) in [6.07, 6.45) is 5.60. The molecule has 2 aromatic heterocycles. The van der Waals surface area contributed by atoms with Crippen molar-refractivity contribution < 1.29 is 29.3 Å². The van der Waals surface area contributed by atoms with E-state index in [0.29, 0.717) is 22.4 Å². The average molecular weight is 542 g/mol. The van der Waals surface area contributed by atoms with E-state index >= 15 is 0 Å². The van der Waals surface area contributed by atoms with Crippen LogP contribution in [0, 0.1) is 23.2 Å². The molecule has 4 saturated carbocycles. The van der Waals surface area contributed by atoms with Gasteiger partial charge in [-0.05, 0) is 86.1 Å². The summed E-state index contributed by atoms with van der Waals surface area (Å²) in [6.45, 7) is 0.757. The summed E-state index contributed by atoms with van der Waals surface area (Å²) in [5.74, 6) is 3.20. The zero-order valence-corrected chi connectivity index (χ0v) is 21.6. The Hall–Kier alpha value is -1.33. The maximum Gasteiger partial charge on any atom is 0.325 e. The van der Waals surface area contributed by atoms with Gasteiger partial charge in [0, 0.05) is 6.54 Å². The molecule has 11 nitrogen and oxygen atoms in total. The molecule has 2 aromatic rings. The Balaban J connectivity index is 1.17. The lowest BCUT2D eigenvalue weighted by Gasteiger charge is -2.57. The highest BCUT2D eigenvalue weighted by atomic mass is 35.5. The van der Waals surface area contributed by atoms with Crippen LogP contribution in [0.15, 0.2) is 6.33 Å². The van der Waals surface area contributed by atoms with Gasteiger partial charge >= 0.3 is 7.60 Å². The fraction of sp³-hybridized carbons (Fsp3) is 0.783. The highest BCUT2D eigenvalue weighted by molar-refractivity contribution is 7.51. The van der Waals surface area contributed by atoms with Crippen LogP contribution in [-0.4, -0.2) is 70.5 Å². The molecule has 5 N–H and O–H groups in total. The molecular weight excluding hydrogens is 509 g/mol. The predicted octanol–water partition coefficient (Wildman–Crippen LogP) is 2.69. The molecule has 0 aromatic carbocycles. The second-order valence-corrected chi connectivity index (χ2v) is 13.6. The predicted molar refractivity (Wildman–Crippen MR) is 131 cm³/mol. The van der Waals surface area contributed by atoms with Crippen LogP contribution in [0.5, 0.6) is 0 Å². The number of aliphatic hydroxyl groups excluding tert-OH is 2. The van der Waals surface area contributed by atoms with Gasteiger partial charge in [-0.1, -0.05) is 0 Å². The molecule has 198 valence electrons. The number of anilines is 1. The molecule has 0 amide bonds. The SMILES string of the molecule is O=P(O)(O)CCC1OC(n2cnc3c(NCCC45CC6CC(CC(C6)C4)C5)nc(Cl)nc32)C(O)C1O. The number of imidazole rings is 1. The molecule has 1 aliphatic heterocycles. The van der Waals surface area contributed by atoms with Crippen molar-refractivity contribution in [2.75, 3.05) is 18.0 Å². The first kappa shape index (κ1) is 25.0. The van der Waals surface area contributed by atoms with Gasteiger partial charge in [-0.3, -0.25) is 9.13 Å². The number of rotatable bonds is 8. The number of aliphatic hydroxyl groups is 2. The lowest BCUT2D eigenvalue weighted by Crippen LogP contribution is -2.46. The minimum absolute atomic E-state index is 0.0210. The minimum Gasteiger partial charge on any atom is -0.388 e. The zero-order valence-electron chi connectivity index (χ0n) is 19.9. The van der Waals surface area contributed by atoms with E-state index < -0.39 is 38.3 Å². The third kappa shape index (κ3) is 4.68. The van der Waals surface area contributed by atoms with Crippen LogP contribution >= 0.6 is 19.2 Å². The highest BCUT2D eigenvalue weighted by Gasteiger charge is 2.50. The molecule has 1 saturated heterocycles. The Morgan fingerprint density at radius 1 is 1.11 bits per heavy atom. The van der Waals surface area contributed by atoms with Crippen LogP contribution in [0.3, 0.4) is 0 Å². The van der Waals surface area contributed by atoms with E-state index in [9.17, 15) is 14.8 Å². The first-order valence-corrected chi connectivity index (χ1v) is 15.0. The first-order valence-electron chi connectivity index (χ1n) is 12.8. The third-order valence-electron chi connectivity index (χ3n) is 8.82. The van der Waals surface area contributed by atoms with Crippen molar-refractivity contribution in [3.8, 4) is 0 Å². The summed E-state index contributed by atoms with van der Waals surface area (Å²) < 4.78 is 18.5.